The molecule has 1 heterocycles. The number of carbonyl (C=O) groups excluding carboxylic acids is 3. The first-order valence-corrected chi connectivity index (χ1v) is 10.5. The van der Waals surface area contributed by atoms with Gasteiger partial charge in [-0.2, -0.15) is 0 Å². The molecule has 0 saturated carbocycles. The number of aromatic nitrogens is 2. The molecule has 1 rings (SSSR count). The number of guanidine groups is 1. The maximum absolute atomic E-state index is 12.9. The SMILES string of the molecule is CC(N)C(=O)NC(CC(=O)O)C(=O)NC(Cc1cnc[nH]1)C(=O)NC(CCCN=C(N)N)C(=O)O. The number of carboxylic acids is 2. The van der Waals surface area contributed by atoms with Gasteiger partial charge in [-0.3, -0.25) is 24.2 Å². The number of hydrogen-bond acceptors (Lipinski definition) is 8. The summed E-state index contributed by atoms with van der Waals surface area (Å²) >= 11 is 0. The molecule has 4 atom stereocenters. The van der Waals surface area contributed by atoms with E-state index < -0.39 is 60.2 Å². The summed E-state index contributed by atoms with van der Waals surface area (Å²) < 4.78 is 0. The fourth-order valence-corrected chi connectivity index (χ4v) is 2.82. The summed E-state index contributed by atoms with van der Waals surface area (Å²) in [5.74, 6) is -5.45. The Morgan fingerprint density at radius 2 is 1.63 bits per heavy atom. The Balaban J connectivity index is 3.01. The number of aliphatic imine (C=N–C) groups is 1. The second-order valence-corrected chi connectivity index (χ2v) is 7.64. The molecule has 0 radical (unpaired) electrons. The van der Waals surface area contributed by atoms with Crippen LogP contribution in [0, 0.1) is 0 Å². The lowest BCUT2D eigenvalue weighted by Crippen LogP contribution is -2.57. The lowest BCUT2D eigenvalue weighted by molar-refractivity contribution is -0.143. The number of aromatic amines is 1. The van der Waals surface area contributed by atoms with E-state index in [-0.39, 0.29) is 31.8 Å². The number of aliphatic carboxylic acids is 2. The van der Waals surface area contributed by atoms with Crippen LogP contribution in [0.15, 0.2) is 17.5 Å². The van der Waals surface area contributed by atoms with E-state index in [1.165, 1.54) is 19.4 Å². The summed E-state index contributed by atoms with van der Waals surface area (Å²) in [6.45, 7) is 1.49. The number of H-pyrrole nitrogens is 1. The Morgan fingerprint density at radius 3 is 2.14 bits per heavy atom. The molecule has 0 aliphatic rings. The van der Waals surface area contributed by atoms with Gasteiger partial charge in [0, 0.05) is 24.9 Å². The van der Waals surface area contributed by atoms with E-state index in [2.05, 4.69) is 30.9 Å². The highest BCUT2D eigenvalue weighted by Gasteiger charge is 2.31. The van der Waals surface area contributed by atoms with Crippen LogP contribution in [0.5, 0.6) is 0 Å². The summed E-state index contributed by atoms with van der Waals surface area (Å²) in [5.41, 5.74) is 16.3. The lowest BCUT2D eigenvalue weighted by Gasteiger charge is -2.24. The molecule has 0 aliphatic heterocycles. The van der Waals surface area contributed by atoms with Crippen molar-refractivity contribution in [3.63, 3.8) is 0 Å². The van der Waals surface area contributed by atoms with Crippen molar-refractivity contribution in [1.82, 2.24) is 25.9 Å². The average molecular weight is 498 g/mol. The van der Waals surface area contributed by atoms with E-state index in [0.29, 0.717) is 5.69 Å². The number of carbonyl (C=O) groups is 5. The molecule has 4 unspecified atom stereocenters. The smallest absolute Gasteiger partial charge is 0.326 e. The second-order valence-electron chi connectivity index (χ2n) is 7.64. The number of amides is 3. The number of nitrogens with two attached hydrogens (primary N) is 3. The van der Waals surface area contributed by atoms with Crippen LogP contribution in [-0.2, 0) is 30.4 Å². The minimum Gasteiger partial charge on any atom is -0.481 e. The van der Waals surface area contributed by atoms with Crippen LogP contribution in [0.3, 0.4) is 0 Å². The number of nitrogens with one attached hydrogen (secondary N) is 4. The molecule has 0 aromatic carbocycles. The molecule has 12 N–H and O–H groups in total. The maximum atomic E-state index is 12.9. The third-order valence-corrected chi connectivity index (χ3v) is 4.60. The van der Waals surface area contributed by atoms with E-state index in [1.54, 1.807) is 0 Å². The van der Waals surface area contributed by atoms with E-state index in [4.69, 9.17) is 22.3 Å². The summed E-state index contributed by atoms with van der Waals surface area (Å²) in [5, 5.41) is 25.5. The maximum Gasteiger partial charge on any atom is 0.326 e. The Bertz CT molecular complexity index is 914. The van der Waals surface area contributed by atoms with Crippen molar-refractivity contribution in [2.24, 2.45) is 22.2 Å². The topological polar surface area (TPSA) is 281 Å². The highest BCUT2D eigenvalue weighted by molar-refractivity contribution is 5.95. The molecular weight excluding hydrogens is 466 g/mol. The monoisotopic (exact) mass is 497 g/mol. The van der Waals surface area contributed by atoms with Gasteiger partial charge in [0.2, 0.25) is 17.7 Å². The minimum absolute atomic E-state index is 0.00530. The molecule has 0 saturated heterocycles. The first kappa shape index (κ1) is 28.8. The standard InChI is InChI=1S/C19H31N9O7/c1-9(20)15(31)27-13(6-14(29)30)17(33)28-12(5-10-7-23-8-25-10)16(32)26-11(18(34)35)3-2-4-24-19(21)22/h7-9,11-13H,2-6,20H2,1H3,(H,23,25)(H,26,32)(H,27,31)(H,28,33)(H,29,30)(H,34,35)(H4,21,22,24). The Morgan fingerprint density at radius 1 is 1.03 bits per heavy atom. The molecule has 16 heteroatoms. The van der Waals surface area contributed by atoms with Crippen LogP contribution >= 0.6 is 0 Å². The predicted molar refractivity (Wildman–Crippen MR) is 122 cm³/mol. The average Bonchev–Trinajstić information content (AvgIpc) is 3.27. The van der Waals surface area contributed by atoms with Gasteiger partial charge in [-0.1, -0.05) is 0 Å². The summed E-state index contributed by atoms with van der Waals surface area (Å²) in [7, 11) is 0. The summed E-state index contributed by atoms with van der Waals surface area (Å²) in [6, 6.07) is -5.19. The number of rotatable bonds is 15. The first-order chi connectivity index (χ1) is 16.4. The first-order valence-electron chi connectivity index (χ1n) is 10.5. The number of imidazole rings is 1. The van der Waals surface area contributed by atoms with Gasteiger partial charge in [-0.05, 0) is 19.8 Å². The zero-order chi connectivity index (χ0) is 26.5. The van der Waals surface area contributed by atoms with Gasteiger partial charge in [-0.25, -0.2) is 9.78 Å². The molecule has 1 aromatic heterocycles. The van der Waals surface area contributed by atoms with Crippen LogP contribution in [-0.4, -0.2) is 86.5 Å². The van der Waals surface area contributed by atoms with Crippen molar-refractivity contribution in [3.8, 4) is 0 Å². The van der Waals surface area contributed by atoms with E-state index in [1.807, 2.05) is 0 Å². The Kier molecular flexibility index (Phi) is 11.6. The quantitative estimate of drug-likeness (QED) is 0.0647. The van der Waals surface area contributed by atoms with Crippen molar-refractivity contribution in [1.29, 1.82) is 0 Å². The molecule has 0 aliphatic carbocycles. The number of hydrogen-bond donors (Lipinski definition) is 9. The summed E-state index contributed by atoms with van der Waals surface area (Å²) in [4.78, 5) is 70.7. The summed E-state index contributed by atoms with van der Waals surface area (Å²) in [6.07, 6.45) is 2.07. The third-order valence-electron chi connectivity index (χ3n) is 4.60. The van der Waals surface area contributed by atoms with Gasteiger partial charge >= 0.3 is 11.9 Å². The Hall–Kier alpha value is -4.21. The molecule has 3 amide bonds. The van der Waals surface area contributed by atoms with Crippen molar-refractivity contribution < 1.29 is 34.2 Å². The van der Waals surface area contributed by atoms with Gasteiger partial charge in [0.05, 0.1) is 18.8 Å². The van der Waals surface area contributed by atoms with Crippen LogP contribution in [0.2, 0.25) is 0 Å². The van der Waals surface area contributed by atoms with Gasteiger partial charge in [0.1, 0.15) is 18.1 Å². The van der Waals surface area contributed by atoms with Gasteiger partial charge in [0.25, 0.3) is 0 Å². The van der Waals surface area contributed by atoms with Gasteiger partial charge in [-0.15, -0.1) is 0 Å². The number of nitrogens with zero attached hydrogens (tertiary/aromatic N) is 2. The molecule has 0 spiro atoms. The van der Waals surface area contributed by atoms with E-state index in [9.17, 15) is 29.1 Å². The minimum atomic E-state index is -1.53. The fraction of sp³-hybridized carbons (Fsp3) is 0.526. The zero-order valence-corrected chi connectivity index (χ0v) is 19.1. The Labute approximate surface area is 200 Å². The van der Waals surface area contributed by atoms with Crippen LogP contribution < -0.4 is 33.2 Å². The molecule has 0 bridgehead atoms. The largest absolute Gasteiger partial charge is 0.481 e. The fourth-order valence-electron chi connectivity index (χ4n) is 2.82. The van der Waals surface area contributed by atoms with Crippen LogP contribution in [0.25, 0.3) is 0 Å². The van der Waals surface area contributed by atoms with Crippen molar-refractivity contribution in [3.05, 3.63) is 18.2 Å². The molecular formula is C19H31N9O7. The molecule has 194 valence electrons. The zero-order valence-electron chi connectivity index (χ0n) is 19.1. The van der Waals surface area contributed by atoms with Crippen LogP contribution in [0.4, 0.5) is 0 Å². The highest BCUT2D eigenvalue weighted by atomic mass is 16.4. The molecule has 1 aromatic rings. The normalized spacial score (nSPS) is 14.0. The van der Waals surface area contributed by atoms with Crippen molar-refractivity contribution in [2.45, 2.75) is 56.8 Å². The third kappa shape index (κ3) is 11.0. The lowest BCUT2D eigenvalue weighted by atomic mass is 10.1. The van der Waals surface area contributed by atoms with Crippen molar-refractivity contribution in [2.75, 3.05) is 6.54 Å². The second kappa shape index (κ2) is 14.1. The predicted octanol–water partition coefficient (Wildman–Crippen LogP) is -3.63. The molecule has 0 fully saturated rings. The van der Waals surface area contributed by atoms with E-state index >= 15 is 0 Å². The van der Waals surface area contributed by atoms with Gasteiger partial charge < -0.3 is 48.3 Å². The molecule has 16 nitrogen and oxygen atoms in total. The molecule has 35 heavy (non-hydrogen) atoms. The van der Waals surface area contributed by atoms with Gasteiger partial charge in [0.15, 0.2) is 5.96 Å². The van der Waals surface area contributed by atoms with E-state index in [0.717, 1.165) is 0 Å². The highest BCUT2D eigenvalue weighted by Crippen LogP contribution is 2.05. The van der Waals surface area contributed by atoms with Crippen molar-refractivity contribution >= 4 is 35.6 Å². The number of carboxylic acid groups (broad SMARTS) is 2. The van der Waals surface area contributed by atoms with Crippen LogP contribution in [0.1, 0.15) is 31.9 Å².